The van der Waals surface area contributed by atoms with Crippen molar-refractivity contribution in [3.63, 3.8) is 0 Å². The first-order valence-electron chi connectivity index (χ1n) is 7.02. The van der Waals surface area contributed by atoms with Crippen LogP contribution in [0.3, 0.4) is 0 Å². The summed E-state index contributed by atoms with van der Waals surface area (Å²) in [5.41, 5.74) is 2.28. The molecule has 3 rings (SSSR count). The number of pyridine rings is 1. The van der Waals surface area contributed by atoms with Crippen LogP contribution in [0.15, 0.2) is 23.0 Å². The van der Waals surface area contributed by atoms with E-state index in [9.17, 15) is 9.59 Å². The highest BCUT2D eigenvalue weighted by molar-refractivity contribution is 6.32. The summed E-state index contributed by atoms with van der Waals surface area (Å²) < 4.78 is 10.4. The smallest absolute Gasteiger partial charge is 0.253 e. The predicted octanol–water partition coefficient (Wildman–Crippen LogP) is 2.30. The largest absolute Gasteiger partial charge is 0.454 e. The van der Waals surface area contributed by atoms with Gasteiger partial charge in [0.25, 0.3) is 11.5 Å². The van der Waals surface area contributed by atoms with Crippen molar-refractivity contribution in [3.05, 3.63) is 56.0 Å². The summed E-state index contributed by atoms with van der Waals surface area (Å²) in [4.78, 5) is 27.0. The highest BCUT2D eigenvalue weighted by Crippen LogP contribution is 2.39. The zero-order valence-electron chi connectivity index (χ0n) is 12.7. The van der Waals surface area contributed by atoms with Crippen molar-refractivity contribution in [1.82, 2.24) is 10.3 Å². The molecule has 0 saturated heterocycles. The monoisotopic (exact) mass is 334 g/mol. The summed E-state index contributed by atoms with van der Waals surface area (Å²) in [6, 6.07) is 4.94. The molecule has 2 heterocycles. The Bertz CT molecular complexity index is 845. The van der Waals surface area contributed by atoms with Gasteiger partial charge in [-0.2, -0.15) is 0 Å². The first-order valence-corrected chi connectivity index (χ1v) is 7.40. The predicted molar refractivity (Wildman–Crippen MR) is 85.3 cm³/mol. The zero-order chi connectivity index (χ0) is 16.6. The van der Waals surface area contributed by atoms with Gasteiger partial charge in [-0.1, -0.05) is 11.6 Å². The third-order valence-electron chi connectivity index (χ3n) is 3.61. The third-order valence-corrected chi connectivity index (χ3v) is 3.89. The van der Waals surface area contributed by atoms with E-state index in [1.807, 2.05) is 19.9 Å². The van der Waals surface area contributed by atoms with E-state index < -0.39 is 0 Å². The second-order valence-corrected chi connectivity index (χ2v) is 5.72. The summed E-state index contributed by atoms with van der Waals surface area (Å²) in [7, 11) is 0. The van der Waals surface area contributed by atoms with Crippen molar-refractivity contribution in [2.75, 3.05) is 6.79 Å². The Morgan fingerprint density at radius 3 is 2.83 bits per heavy atom. The van der Waals surface area contributed by atoms with Gasteiger partial charge in [0, 0.05) is 23.4 Å². The Labute approximate surface area is 137 Å². The van der Waals surface area contributed by atoms with Gasteiger partial charge in [0.2, 0.25) is 6.79 Å². The lowest BCUT2D eigenvalue weighted by molar-refractivity contribution is 0.0950. The first-order chi connectivity index (χ1) is 11.0. The fraction of sp³-hybridized carbons (Fsp3) is 0.250. The minimum Gasteiger partial charge on any atom is -0.454 e. The number of hydrogen-bond acceptors (Lipinski definition) is 4. The molecule has 1 aliphatic heterocycles. The number of ether oxygens (including phenoxy) is 2. The number of rotatable bonds is 3. The molecule has 0 radical (unpaired) electrons. The molecule has 0 atom stereocenters. The molecule has 2 N–H and O–H groups in total. The van der Waals surface area contributed by atoms with Crippen LogP contribution in [0.4, 0.5) is 0 Å². The molecule has 6 nitrogen and oxygen atoms in total. The van der Waals surface area contributed by atoms with Gasteiger partial charge in [0.1, 0.15) is 0 Å². The van der Waals surface area contributed by atoms with Crippen molar-refractivity contribution in [2.45, 2.75) is 20.4 Å². The van der Waals surface area contributed by atoms with Crippen LogP contribution in [0.1, 0.15) is 27.2 Å². The van der Waals surface area contributed by atoms with Gasteiger partial charge >= 0.3 is 0 Å². The maximum absolute atomic E-state index is 12.3. The number of carbonyl (C=O) groups is 1. The molecule has 1 aromatic heterocycles. The number of benzene rings is 1. The fourth-order valence-corrected chi connectivity index (χ4v) is 2.74. The number of aromatic nitrogens is 1. The number of halogens is 1. The van der Waals surface area contributed by atoms with Crippen molar-refractivity contribution in [1.29, 1.82) is 0 Å². The van der Waals surface area contributed by atoms with E-state index in [-0.39, 0.29) is 24.8 Å². The molecular formula is C16H15ClN2O4. The lowest BCUT2D eigenvalue weighted by Gasteiger charge is -2.09. The lowest BCUT2D eigenvalue weighted by atomic mass is 10.1. The molecule has 1 amide bonds. The van der Waals surface area contributed by atoms with E-state index in [0.717, 1.165) is 11.3 Å². The van der Waals surface area contributed by atoms with Crippen molar-refractivity contribution in [3.8, 4) is 11.5 Å². The van der Waals surface area contributed by atoms with Crippen LogP contribution in [0.25, 0.3) is 0 Å². The lowest BCUT2D eigenvalue weighted by Crippen LogP contribution is -2.27. The normalized spacial score (nSPS) is 12.3. The maximum Gasteiger partial charge on any atom is 0.253 e. The first kappa shape index (κ1) is 15.4. The van der Waals surface area contributed by atoms with Gasteiger partial charge < -0.3 is 19.8 Å². The highest BCUT2D eigenvalue weighted by Gasteiger charge is 2.20. The van der Waals surface area contributed by atoms with E-state index >= 15 is 0 Å². The summed E-state index contributed by atoms with van der Waals surface area (Å²) in [6.07, 6.45) is 0. The molecule has 0 bridgehead atoms. The van der Waals surface area contributed by atoms with E-state index in [1.165, 1.54) is 6.07 Å². The van der Waals surface area contributed by atoms with Crippen molar-refractivity contribution >= 4 is 17.5 Å². The topological polar surface area (TPSA) is 80.4 Å². The number of amides is 1. The second kappa shape index (κ2) is 5.96. The molecule has 0 spiro atoms. The Hall–Kier alpha value is -2.47. The van der Waals surface area contributed by atoms with E-state index in [1.54, 1.807) is 6.07 Å². The fourth-order valence-electron chi connectivity index (χ4n) is 2.47. The number of carbonyl (C=O) groups excluding carboxylic acids is 1. The maximum atomic E-state index is 12.3. The number of H-pyrrole nitrogens is 1. The quantitative estimate of drug-likeness (QED) is 0.902. The minimum absolute atomic E-state index is 0.0814. The zero-order valence-corrected chi connectivity index (χ0v) is 13.4. The minimum atomic E-state index is -0.343. The molecule has 0 unspecified atom stereocenters. The Balaban J connectivity index is 1.78. The van der Waals surface area contributed by atoms with E-state index in [2.05, 4.69) is 10.3 Å². The van der Waals surface area contributed by atoms with Crippen molar-refractivity contribution in [2.24, 2.45) is 0 Å². The molecule has 0 saturated carbocycles. The molecule has 120 valence electrons. The van der Waals surface area contributed by atoms with Gasteiger partial charge in [-0.3, -0.25) is 9.59 Å². The summed E-state index contributed by atoms with van der Waals surface area (Å²) in [6.45, 7) is 3.86. The molecule has 2 aromatic rings. The van der Waals surface area contributed by atoms with Crippen LogP contribution in [-0.4, -0.2) is 17.7 Å². The average Bonchev–Trinajstić information content (AvgIpc) is 2.94. The number of fused-ring (bicyclic) bond motifs is 1. The third kappa shape index (κ3) is 3.03. The van der Waals surface area contributed by atoms with Gasteiger partial charge in [0.05, 0.1) is 5.02 Å². The van der Waals surface area contributed by atoms with Gasteiger partial charge in [0.15, 0.2) is 11.5 Å². The molecule has 1 aliphatic rings. The van der Waals surface area contributed by atoms with Gasteiger partial charge in [-0.25, -0.2) is 0 Å². The highest BCUT2D eigenvalue weighted by atomic mass is 35.5. The molecule has 0 aliphatic carbocycles. The van der Waals surface area contributed by atoms with Crippen LogP contribution >= 0.6 is 11.6 Å². The summed E-state index contributed by atoms with van der Waals surface area (Å²) >= 11 is 6.06. The van der Waals surface area contributed by atoms with Crippen LogP contribution < -0.4 is 20.3 Å². The van der Waals surface area contributed by atoms with Gasteiger partial charge in [-0.05, 0) is 37.6 Å². The molecule has 1 aromatic carbocycles. The second-order valence-electron chi connectivity index (χ2n) is 5.32. The number of hydrogen-bond donors (Lipinski definition) is 2. The summed E-state index contributed by atoms with van der Waals surface area (Å²) in [5.74, 6) is 0.533. The van der Waals surface area contributed by atoms with E-state index in [4.69, 9.17) is 21.1 Å². The molecular weight excluding hydrogens is 320 g/mol. The SMILES string of the molecule is Cc1cc(C)c(CNC(=O)c2cc(Cl)c3c(c2)OCO3)c(=O)[nH]1. The summed E-state index contributed by atoms with van der Waals surface area (Å²) in [5, 5.41) is 3.04. The molecule has 7 heteroatoms. The standard InChI is InChI=1S/C16H15ClN2O4/c1-8-3-9(2)19-16(21)11(8)6-18-15(20)10-4-12(17)14-13(5-10)22-7-23-14/h3-5H,6-7H2,1-2H3,(H,18,20)(H,19,21). The number of aromatic amines is 1. The van der Waals surface area contributed by atoms with Crippen LogP contribution in [0.5, 0.6) is 11.5 Å². The molecule has 23 heavy (non-hydrogen) atoms. The Kier molecular flexibility index (Phi) is 4.00. The number of nitrogens with one attached hydrogen (secondary N) is 2. The van der Waals surface area contributed by atoms with Crippen LogP contribution in [0.2, 0.25) is 5.02 Å². The van der Waals surface area contributed by atoms with Crippen LogP contribution in [-0.2, 0) is 6.54 Å². The Morgan fingerprint density at radius 1 is 1.30 bits per heavy atom. The molecule has 0 fully saturated rings. The van der Waals surface area contributed by atoms with Gasteiger partial charge in [-0.15, -0.1) is 0 Å². The van der Waals surface area contributed by atoms with Crippen molar-refractivity contribution < 1.29 is 14.3 Å². The Morgan fingerprint density at radius 2 is 2.09 bits per heavy atom. The average molecular weight is 335 g/mol. The number of aryl methyl sites for hydroxylation is 2. The van der Waals surface area contributed by atoms with Crippen LogP contribution in [0, 0.1) is 13.8 Å². The van der Waals surface area contributed by atoms with E-state index in [0.29, 0.717) is 27.6 Å².